The molecule has 8 heteroatoms. The molecule has 0 saturated carbocycles. The Morgan fingerprint density at radius 2 is 2.09 bits per heavy atom. The van der Waals surface area contributed by atoms with Crippen LogP contribution >= 0.6 is 11.8 Å². The first kappa shape index (κ1) is 17.0. The van der Waals surface area contributed by atoms with Crippen molar-refractivity contribution in [3.8, 4) is 5.75 Å². The molecule has 122 valence electrons. The van der Waals surface area contributed by atoms with E-state index in [4.69, 9.17) is 0 Å². The normalized spacial score (nSPS) is 18.8. The van der Waals surface area contributed by atoms with Gasteiger partial charge in [0, 0.05) is 37.1 Å². The SMILES string of the molecule is O=C(CC1CSCCN1)NCc1ccc(OC(F)(F)F)cc1. The van der Waals surface area contributed by atoms with Crippen LogP contribution in [0.25, 0.3) is 0 Å². The number of benzene rings is 1. The number of hydrogen-bond acceptors (Lipinski definition) is 4. The third-order valence-electron chi connectivity index (χ3n) is 3.08. The third kappa shape index (κ3) is 6.15. The summed E-state index contributed by atoms with van der Waals surface area (Å²) < 4.78 is 39.9. The fraction of sp³-hybridized carbons (Fsp3) is 0.500. The Hall–Kier alpha value is -1.41. The van der Waals surface area contributed by atoms with Crippen molar-refractivity contribution in [3.05, 3.63) is 29.8 Å². The molecule has 0 spiro atoms. The molecule has 2 N–H and O–H groups in total. The Kier molecular flexibility index (Phi) is 5.96. The number of carbonyl (C=O) groups excluding carboxylic acids is 1. The molecule has 0 radical (unpaired) electrons. The molecule has 0 bridgehead atoms. The van der Waals surface area contributed by atoms with E-state index in [1.54, 1.807) is 0 Å². The van der Waals surface area contributed by atoms with Crippen molar-refractivity contribution in [2.75, 3.05) is 18.1 Å². The summed E-state index contributed by atoms with van der Waals surface area (Å²) in [5.41, 5.74) is 0.717. The average molecular weight is 334 g/mol. The van der Waals surface area contributed by atoms with Crippen molar-refractivity contribution >= 4 is 17.7 Å². The number of carbonyl (C=O) groups is 1. The zero-order valence-electron chi connectivity index (χ0n) is 11.8. The Bertz CT molecular complexity index is 488. The molecule has 1 fully saturated rings. The van der Waals surface area contributed by atoms with E-state index in [0.717, 1.165) is 18.1 Å². The van der Waals surface area contributed by atoms with Crippen LogP contribution < -0.4 is 15.4 Å². The fourth-order valence-corrected chi connectivity index (χ4v) is 3.01. The molecule has 1 aliphatic heterocycles. The highest BCUT2D eigenvalue weighted by Crippen LogP contribution is 2.22. The Balaban J connectivity index is 1.75. The lowest BCUT2D eigenvalue weighted by Crippen LogP contribution is -2.41. The van der Waals surface area contributed by atoms with E-state index in [1.807, 2.05) is 11.8 Å². The maximum absolute atomic E-state index is 12.0. The van der Waals surface area contributed by atoms with Crippen LogP contribution in [-0.2, 0) is 11.3 Å². The van der Waals surface area contributed by atoms with Crippen LogP contribution in [0.4, 0.5) is 13.2 Å². The fourth-order valence-electron chi connectivity index (χ4n) is 2.06. The van der Waals surface area contributed by atoms with E-state index in [9.17, 15) is 18.0 Å². The maximum Gasteiger partial charge on any atom is 0.573 e. The first-order chi connectivity index (χ1) is 10.4. The van der Waals surface area contributed by atoms with Crippen molar-refractivity contribution in [3.63, 3.8) is 0 Å². The Morgan fingerprint density at radius 1 is 1.36 bits per heavy atom. The number of halogens is 3. The number of alkyl halides is 3. The molecule has 1 heterocycles. The lowest BCUT2D eigenvalue weighted by Gasteiger charge is -2.22. The molecule has 1 atom stereocenters. The minimum atomic E-state index is -4.69. The number of hydrogen-bond donors (Lipinski definition) is 2. The molecule has 0 aliphatic carbocycles. The van der Waals surface area contributed by atoms with Gasteiger partial charge in [-0.15, -0.1) is 13.2 Å². The molecule has 4 nitrogen and oxygen atoms in total. The van der Waals surface area contributed by atoms with Gasteiger partial charge in [0.05, 0.1) is 0 Å². The van der Waals surface area contributed by atoms with Crippen LogP contribution in [0.2, 0.25) is 0 Å². The number of amides is 1. The largest absolute Gasteiger partial charge is 0.573 e. The lowest BCUT2D eigenvalue weighted by molar-refractivity contribution is -0.274. The van der Waals surface area contributed by atoms with E-state index in [-0.39, 0.29) is 24.2 Å². The summed E-state index contributed by atoms with van der Waals surface area (Å²) in [4.78, 5) is 11.8. The van der Waals surface area contributed by atoms with E-state index in [2.05, 4.69) is 15.4 Å². The molecule has 22 heavy (non-hydrogen) atoms. The topological polar surface area (TPSA) is 50.4 Å². The summed E-state index contributed by atoms with van der Waals surface area (Å²) in [6.45, 7) is 1.19. The van der Waals surface area contributed by atoms with Crippen LogP contribution in [0.5, 0.6) is 5.75 Å². The summed E-state index contributed by atoms with van der Waals surface area (Å²) in [7, 11) is 0. The van der Waals surface area contributed by atoms with Crippen molar-refractivity contribution in [2.45, 2.75) is 25.4 Å². The minimum absolute atomic E-state index is 0.0735. The summed E-state index contributed by atoms with van der Waals surface area (Å²) in [6.07, 6.45) is -4.29. The highest BCUT2D eigenvalue weighted by molar-refractivity contribution is 7.99. The molecule has 0 aromatic heterocycles. The molecular weight excluding hydrogens is 317 g/mol. The second kappa shape index (κ2) is 7.73. The van der Waals surface area contributed by atoms with Gasteiger partial charge in [-0.05, 0) is 17.7 Å². The number of nitrogens with one attached hydrogen (secondary N) is 2. The molecule has 1 amide bonds. The zero-order chi connectivity index (χ0) is 16.0. The van der Waals surface area contributed by atoms with E-state index >= 15 is 0 Å². The van der Waals surface area contributed by atoms with Gasteiger partial charge in [-0.1, -0.05) is 12.1 Å². The van der Waals surface area contributed by atoms with Gasteiger partial charge in [0.1, 0.15) is 5.75 Å². The zero-order valence-corrected chi connectivity index (χ0v) is 12.6. The van der Waals surface area contributed by atoms with Gasteiger partial charge in [0.25, 0.3) is 0 Å². The van der Waals surface area contributed by atoms with Gasteiger partial charge < -0.3 is 15.4 Å². The summed E-state index contributed by atoms with van der Waals surface area (Å²) in [5.74, 6) is 1.63. The summed E-state index contributed by atoms with van der Waals surface area (Å²) >= 11 is 1.82. The highest BCUT2D eigenvalue weighted by Gasteiger charge is 2.30. The average Bonchev–Trinajstić information content (AvgIpc) is 2.46. The Morgan fingerprint density at radius 3 is 2.68 bits per heavy atom. The quantitative estimate of drug-likeness (QED) is 0.868. The predicted octanol–water partition coefficient (Wildman–Crippen LogP) is 2.30. The van der Waals surface area contributed by atoms with Crippen molar-refractivity contribution in [1.29, 1.82) is 0 Å². The second-order valence-corrected chi connectivity index (χ2v) is 6.05. The smallest absolute Gasteiger partial charge is 0.406 e. The first-order valence-electron chi connectivity index (χ1n) is 6.85. The van der Waals surface area contributed by atoms with E-state index in [0.29, 0.717) is 12.0 Å². The third-order valence-corrected chi connectivity index (χ3v) is 4.21. The monoisotopic (exact) mass is 334 g/mol. The number of rotatable bonds is 5. The van der Waals surface area contributed by atoms with Crippen LogP contribution in [0.1, 0.15) is 12.0 Å². The summed E-state index contributed by atoms with van der Waals surface area (Å²) in [5, 5.41) is 6.04. The maximum atomic E-state index is 12.0. The molecular formula is C14H17F3N2O2S. The van der Waals surface area contributed by atoms with Gasteiger partial charge in [0.15, 0.2) is 0 Å². The van der Waals surface area contributed by atoms with Crippen LogP contribution in [0.15, 0.2) is 24.3 Å². The van der Waals surface area contributed by atoms with Gasteiger partial charge >= 0.3 is 6.36 Å². The first-order valence-corrected chi connectivity index (χ1v) is 8.00. The van der Waals surface area contributed by atoms with Gasteiger partial charge in [0.2, 0.25) is 5.91 Å². The molecule has 1 saturated heterocycles. The van der Waals surface area contributed by atoms with Crippen LogP contribution in [0.3, 0.4) is 0 Å². The van der Waals surface area contributed by atoms with Gasteiger partial charge in [-0.2, -0.15) is 11.8 Å². The van der Waals surface area contributed by atoms with E-state index in [1.165, 1.54) is 24.3 Å². The van der Waals surface area contributed by atoms with Crippen molar-refractivity contribution in [1.82, 2.24) is 10.6 Å². The van der Waals surface area contributed by atoms with Crippen LogP contribution in [0, 0.1) is 0 Å². The van der Waals surface area contributed by atoms with Gasteiger partial charge in [-0.3, -0.25) is 4.79 Å². The number of ether oxygens (including phenoxy) is 1. The van der Waals surface area contributed by atoms with Crippen molar-refractivity contribution < 1.29 is 22.7 Å². The van der Waals surface area contributed by atoms with Crippen molar-refractivity contribution in [2.24, 2.45) is 0 Å². The van der Waals surface area contributed by atoms with Crippen LogP contribution in [-0.4, -0.2) is 36.4 Å². The molecule has 2 rings (SSSR count). The number of thioether (sulfide) groups is 1. The molecule has 1 unspecified atom stereocenters. The lowest BCUT2D eigenvalue weighted by atomic mass is 10.2. The molecule has 1 aliphatic rings. The van der Waals surface area contributed by atoms with E-state index < -0.39 is 6.36 Å². The molecule has 1 aromatic rings. The summed E-state index contributed by atoms with van der Waals surface area (Å²) in [6, 6.07) is 5.63. The Labute approximate surface area is 130 Å². The minimum Gasteiger partial charge on any atom is -0.406 e. The predicted molar refractivity (Wildman–Crippen MR) is 78.7 cm³/mol. The standard InChI is InChI=1S/C14H17F3N2O2S/c15-14(16,17)21-12-3-1-10(2-4-12)8-19-13(20)7-11-9-22-6-5-18-11/h1-4,11,18H,5-9H2,(H,19,20). The van der Waals surface area contributed by atoms with Gasteiger partial charge in [-0.25, -0.2) is 0 Å². The highest BCUT2D eigenvalue weighted by atomic mass is 32.2. The second-order valence-electron chi connectivity index (χ2n) is 4.90. The molecule has 1 aromatic carbocycles.